The summed E-state index contributed by atoms with van der Waals surface area (Å²) < 4.78 is 17.5. The summed E-state index contributed by atoms with van der Waals surface area (Å²) in [5.74, 6) is 0. The van der Waals surface area contributed by atoms with Crippen molar-refractivity contribution < 1.29 is 33.8 Å². The predicted octanol–water partition coefficient (Wildman–Crippen LogP) is 0.517. The molecule has 5 N–H and O–H groups in total. The summed E-state index contributed by atoms with van der Waals surface area (Å²) in [6.45, 7) is 4.26. The third kappa shape index (κ3) is 15.5. The highest BCUT2D eigenvalue weighted by atomic mass is 31.1. The van der Waals surface area contributed by atoms with Crippen LogP contribution in [0, 0.1) is 13.8 Å². The highest BCUT2D eigenvalue weighted by molar-refractivity contribution is 7.31. The van der Waals surface area contributed by atoms with Crippen molar-refractivity contribution >= 4 is 16.5 Å². The molecule has 9 heteroatoms. The Labute approximate surface area is 106 Å². The number of aliphatic hydroxyl groups excluding tert-OH is 1. The molecule has 0 unspecified atom stereocenters. The Hall–Kier alpha value is -0.520. The van der Waals surface area contributed by atoms with Gasteiger partial charge in [-0.3, -0.25) is 9.13 Å². The third-order valence-corrected chi connectivity index (χ3v) is 1.75. The van der Waals surface area contributed by atoms with Gasteiger partial charge in [0.25, 0.3) is 0 Å². The van der Waals surface area contributed by atoms with E-state index in [0.29, 0.717) is 0 Å². The van der Waals surface area contributed by atoms with Crippen LogP contribution in [0.15, 0.2) is 18.2 Å². The second-order valence-corrected chi connectivity index (χ2v) is 4.27. The lowest BCUT2D eigenvalue weighted by atomic mass is 10.1. The molecule has 0 aliphatic rings. The first kappa shape index (κ1) is 19.8. The molecular weight excluding hydrogens is 282 g/mol. The zero-order valence-corrected chi connectivity index (χ0v) is 12.0. The number of aliphatic hydroxyl groups is 1. The van der Waals surface area contributed by atoms with E-state index >= 15 is 0 Å². The zero-order valence-electron chi connectivity index (χ0n) is 9.99. The maximum absolute atomic E-state index is 8.75. The lowest BCUT2D eigenvalue weighted by Gasteiger charge is -2.00. The first-order valence-corrected chi connectivity index (χ1v) is 7.32. The highest BCUT2D eigenvalue weighted by Crippen LogP contribution is 2.08. The molecule has 18 heavy (non-hydrogen) atoms. The third-order valence-electron chi connectivity index (χ3n) is 1.75. The summed E-state index contributed by atoms with van der Waals surface area (Å²) in [5.41, 5.74) is 3.51. The summed E-state index contributed by atoms with van der Waals surface area (Å²) in [6, 6.07) is 5.98. The molecule has 0 bridgehead atoms. The Morgan fingerprint density at radius 2 is 1.33 bits per heavy atom. The Balaban J connectivity index is 0. The van der Waals surface area contributed by atoms with Gasteiger partial charge in [-0.15, -0.1) is 0 Å². The second kappa shape index (κ2) is 11.6. The van der Waals surface area contributed by atoms with Crippen LogP contribution in [0.1, 0.15) is 16.7 Å². The average molecular weight is 300 g/mol. The molecule has 0 aromatic heterocycles. The standard InChI is InChI=1S/C9H12O.2H3O3P/c1-7-3-4-9(6-10)5-8(7)2;2*1-4(2)3/h3-5,10H,6H2,1-2H3;2*4H,(H2,1,2,3). The van der Waals surface area contributed by atoms with Gasteiger partial charge < -0.3 is 24.7 Å². The molecule has 0 amide bonds. The monoisotopic (exact) mass is 300 g/mol. The minimum absolute atomic E-state index is 0.140. The summed E-state index contributed by atoms with van der Waals surface area (Å²) in [4.78, 5) is 28.6. The van der Waals surface area contributed by atoms with Crippen LogP contribution in [0.2, 0.25) is 0 Å². The smallest absolute Gasteiger partial charge is 0.314 e. The van der Waals surface area contributed by atoms with E-state index in [2.05, 4.69) is 13.8 Å². The average Bonchev–Trinajstić information content (AvgIpc) is 2.20. The van der Waals surface area contributed by atoms with Gasteiger partial charge in [0.15, 0.2) is 0 Å². The molecule has 0 saturated heterocycles. The molecule has 0 heterocycles. The van der Waals surface area contributed by atoms with Crippen LogP contribution in [-0.4, -0.2) is 24.7 Å². The fraction of sp³-hybridized carbons (Fsp3) is 0.333. The minimum Gasteiger partial charge on any atom is -0.392 e. The molecule has 0 aliphatic carbocycles. The Morgan fingerprint density at radius 3 is 1.61 bits per heavy atom. The number of hydrogen-bond acceptors (Lipinski definition) is 3. The highest BCUT2D eigenvalue weighted by Gasteiger charge is 1.92. The van der Waals surface area contributed by atoms with Gasteiger partial charge in [-0.05, 0) is 30.5 Å². The van der Waals surface area contributed by atoms with Crippen molar-refractivity contribution in [2.45, 2.75) is 20.5 Å². The number of aryl methyl sites for hydroxylation is 2. The van der Waals surface area contributed by atoms with Crippen LogP contribution in [0.5, 0.6) is 0 Å². The Bertz CT molecular complexity index is 375. The Morgan fingerprint density at radius 1 is 0.944 bits per heavy atom. The van der Waals surface area contributed by atoms with E-state index in [-0.39, 0.29) is 6.61 Å². The van der Waals surface area contributed by atoms with Crippen LogP contribution < -0.4 is 0 Å². The summed E-state index contributed by atoms with van der Waals surface area (Å²) >= 11 is 0. The maximum Gasteiger partial charge on any atom is 0.314 e. The molecular formula is C9H18O7P2. The molecule has 1 rings (SSSR count). The SMILES string of the molecule is Cc1ccc(CO)cc1C.O=[PH](O)O.O=[PH](O)O. The van der Waals surface area contributed by atoms with Gasteiger partial charge in [0.1, 0.15) is 0 Å². The fourth-order valence-electron chi connectivity index (χ4n) is 0.902. The first-order valence-electron chi connectivity index (χ1n) is 4.71. The van der Waals surface area contributed by atoms with Gasteiger partial charge in [0.05, 0.1) is 6.61 Å². The summed E-state index contributed by atoms with van der Waals surface area (Å²) in [5, 5.41) is 8.75. The van der Waals surface area contributed by atoms with Gasteiger partial charge in [-0.2, -0.15) is 0 Å². The van der Waals surface area contributed by atoms with Crippen LogP contribution in [0.4, 0.5) is 0 Å². The molecule has 0 saturated carbocycles. The van der Waals surface area contributed by atoms with E-state index < -0.39 is 16.5 Å². The lowest BCUT2D eigenvalue weighted by Crippen LogP contribution is -1.86. The van der Waals surface area contributed by atoms with Crippen LogP contribution >= 0.6 is 16.5 Å². The van der Waals surface area contributed by atoms with Crippen molar-refractivity contribution in [3.63, 3.8) is 0 Å². The van der Waals surface area contributed by atoms with Crippen molar-refractivity contribution in [3.8, 4) is 0 Å². The van der Waals surface area contributed by atoms with Crippen LogP contribution in [0.25, 0.3) is 0 Å². The summed E-state index contributed by atoms with van der Waals surface area (Å²) in [6.07, 6.45) is 0. The van der Waals surface area contributed by atoms with Crippen molar-refractivity contribution in [1.82, 2.24) is 0 Å². The zero-order chi connectivity index (χ0) is 14.7. The van der Waals surface area contributed by atoms with E-state index in [0.717, 1.165) is 5.56 Å². The van der Waals surface area contributed by atoms with Gasteiger partial charge in [-0.1, -0.05) is 18.2 Å². The van der Waals surface area contributed by atoms with Crippen LogP contribution in [0.3, 0.4) is 0 Å². The number of rotatable bonds is 1. The molecule has 7 nitrogen and oxygen atoms in total. The fourth-order valence-corrected chi connectivity index (χ4v) is 0.902. The topological polar surface area (TPSA) is 135 Å². The van der Waals surface area contributed by atoms with E-state index in [1.165, 1.54) is 11.1 Å². The molecule has 0 spiro atoms. The van der Waals surface area contributed by atoms with Gasteiger partial charge in [0, 0.05) is 0 Å². The maximum atomic E-state index is 8.75. The first-order chi connectivity index (χ1) is 8.20. The largest absolute Gasteiger partial charge is 0.392 e. The molecule has 106 valence electrons. The van der Waals surface area contributed by atoms with E-state index in [4.69, 9.17) is 33.8 Å². The quantitative estimate of drug-likeness (QED) is 0.477. The normalized spacial score (nSPS) is 9.39. The molecule has 0 atom stereocenters. The van der Waals surface area contributed by atoms with Gasteiger partial charge in [-0.25, -0.2) is 0 Å². The minimum atomic E-state index is -3.13. The number of hydrogen-bond donors (Lipinski definition) is 5. The van der Waals surface area contributed by atoms with Gasteiger partial charge >= 0.3 is 16.5 Å². The van der Waals surface area contributed by atoms with Crippen molar-refractivity contribution in [3.05, 3.63) is 34.9 Å². The molecule has 0 fully saturated rings. The van der Waals surface area contributed by atoms with Crippen molar-refractivity contribution in [1.29, 1.82) is 0 Å². The predicted molar refractivity (Wildman–Crippen MR) is 68.7 cm³/mol. The Kier molecular flexibility index (Phi) is 12.7. The van der Waals surface area contributed by atoms with Crippen molar-refractivity contribution in [2.75, 3.05) is 0 Å². The second-order valence-electron chi connectivity index (χ2n) is 3.14. The van der Waals surface area contributed by atoms with E-state index in [1.54, 1.807) is 0 Å². The summed E-state index contributed by atoms with van der Waals surface area (Å²) in [7, 11) is -6.26. The molecule has 0 aliphatic heterocycles. The van der Waals surface area contributed by atoms with Gasteiger partial charge in [0.2, 0.25) is 0 Å². The van der Waals surface area contributed by atoms with Crippen molar-refractivity contribution in [2.24, 2.45) is 0 Å². The van der Waals surface area contributed by atoms with E-state index in [1.807, 2.05) is 18.2 Å². The number of benzene rings is 1. The van der Waals surface area contributed by atoms with E-state index in [9.17, 15) is 0 Å². The molecule has 0 radical (unpaired) electrons. The lowest BCUT2D eigenvalue weighted by molar-refractivity contribution is 0.281. The molecule has 1 aromatic carbocycles. The molecule has 1 aromatic rings. The van der Waals surface area contributed by atoms with Crippen LogP contribution in [-0.2, 0) is 15.7 Å².